The van der Waals surface area contributed by atoms with E-state index in [0.29, 0.717) is 19.0 Å². The van der Waals surface area contributed by atoms with Gasteiger partial charge in [-0.15, -0.1) is 12.4 Å². The largest absolute Gasteiger partial charge is 0.393 e. The molecule has 4 N–H and O–H groups in total. The van der Waals surface area contributed by atoms with E-state index in [4.69, 9.17) is 5.73 Å². The number of rotatable bonds is 4. The SMILES string of the molecule is Cl.NC[C@H]1CCC[C@H]1C(=O)NCC1CCCCC1O. The van der Waals surface area contributed by atoms with Crippen LogP contribution in [0.3, 0.4) is 0 Å². The summed E-state index contributed by atoms with van der Waals surface area (Å²) in [5, 5.41) is 12.9. The summed E-state index contributed by atoms with van der Waals surface area (Å²) in [6, 6.07) is 0. The Kier molecular flexibility index (Phi) is 7.11. The van der Waals surface area contributed by atoms with Gasteiger partial charge >= 0.3 is 0 Å². The molecule has 4 atom stereocenters. The van der Waals surface area contributed by atoms with E-state index in [2.05, 4.69) is 5.32 Å². The Bertz CT molecular complexity index is 289. The predicted octanol–water partition coefficient (Wildman–Crippen LogP) is 1.45. The van der Waals surface area contributed by atoms with Crippen molar-refractivity contribution in [3.63, 3.8) is 0 Å². The molecule has 0 bridgehead atoms. The van der Waals surface area contributed by atoms with Gasteiger partial charge < -0.3 is 16.2 Å². The van der Waals surface area contributed by atoms with Crippen LogP contribution >= 0.6 is 12.4 Å². The molecule has 112 valence electrons. The first-order chi connectivity index (χ1) is 8.72. The van der Waals surface area contributed by atoms with Crippen LogP contribution in [0.2, 0.25) is 0 Å². The minimum absolute atomic E-state index is 0. The van der Waals surface area contributed by atoms with Crippen molar-refractivity contribution >= 4 is 18.3 Å². The number of amides is 1. The van der Waals surface area contributed by atoms with Crippen LogP contribution in [0.15, 0.2) is 0 Å². The number of nitrogens with one attached hydrogen (secondary N) is 1. The molecule has 2 fully saturated rings. The van der Waals surface area contributed by atoms with Crippen LogP contribution in [-0.2, 0) is 4.79 Å². The van der Waals surface area contributed by atoms with E-state index < -0.39 is 0 Å². The maximum absolute atomic E-state index is 12.1. The molecule has 0 radical (unpaired) electrons. The zero-order valence-electron chi connectivity index (χ0n) is 11.5. The van der Waals surface area contributed by atoms with Gasteiger partial charge in [-0.05, 0) is 38.1 Å². The van der Waals surface area contributed by atoms with Gasteiger partial charge in [0.25, 0.3) is 0 Å². The van der Waals surface area contributed by atoms with Crippen LogP contribution in [0.4, 0.5) is 0 Å². The summed E-state index contributed by atoms with van der Waals surface area (Å²) < 4.78 is 0. The van der Waals surface area contributed by atoms with Crippen LogP contribution in [0.1, 0.15) is 44.9 Å². The fraction of sp³-hybridized carbons (Fsp3) is 0.929. The van der Waals surface area contributed by atoms with E-state index in [-0.39, 0.29) is 36.3 Å². The second-order valence-electron chi connectivity index (χ2n) is 5.89. The van der Waals surface area contributed by atoms with Crippen molar-refractivity contribution in [3.8, 4) is 0 Å². The molecule has 0 spiro atoms. The number of carbonyl (C=O) groups is 1. The maximum atomic E-state index is 12.1. The molecule has 4 nitrogen and oxygen atoms in total. The number of aliphatic hydroxyl groups is 1. The zero-order chi connectivity index (χ0) is 13.0. The fourth-order valence-corrected chi connectivity index (χ4v) is 3.45. The van der Waals surface area contributed by atoms with Gasteiger partial charge in [-0.2, -0.15) is 0 Å². The van der Waals surface area contributed by atoms with Gasteiger partial charge in [-0.3, -0.25) is 4.79 Å². The molecule has 0 aromatic carbocycles. The monoisotopic (exact) mass is 290 g/mol. The quantitative estimate of drug-likeness (QED) is 0.733. The molecule has 2 aliphatic carbocycles. The van der Waals surface area contributed by atoms with E-state index in [1.165, 1.54) is 6.42 Å². The van der Waals surface area contributed by atoms with Crippen molar-refractivity contribution in [1.29, 1.82) is 0 Å². The Morgan fingerprint density at radius 1 is 1.11 bits per heavy atom. The summed E-state index contributed by atoms with van der Waals surface area (Å²) in [6.45, 7) is 1.25. The van der Waals surface area contributed by atoms with E-state index in [1.807, 2.05) is 0 Å². The van der Waals surface area contributed by atoms with Gasteiger partial charge in [0.1, 0.15) is 0 Å². The number of halogens is 1. The lowest BCUT2D eigenvalue weighted by molar-refractivity contribution is -0.126. The summed E-state index contributed by atoms with van der Waals surface area (Å²) in [5.41, 5.74) is 5.70. The zero-order valence-corrected chi connectivity index (χ0v) is 12.3. The number of nitrogens with two attached hydrogens (primary N) is 1. The average Bonchev–Trinajstić information content (AvgIpc) is 2.86. The number of hydrogen-bond donors (Lipinski definition) is 3. The first-order valence-electron chi connectivity index (χ1n) is 7.38. The highest BCUT2D eigenvalue weighted by Crippen LogP contribution is 2.31. The molecule has 0 saturated heterocycles. The lowest BCUT2D eigenvalue weighted by Gasteiger charge is -2.28. The molecule has 1 amide bonds. The third-order valence-electron chi connectivity index (χ3n) is 4.71. The first-order valence-corrected chi connectivity index (χ1v) is 7.38. The van der Waals surface area contributed by atoms with E-state index in [1.54, 1.807) is 0 Å². The molecule has 2 unspecified atom stereocenters. The van der Waals surface area contributed by atoms with Gasteiger partial charge in [0.15, 0.2) is 0 Å². The van der Waals surface area contributed by atoms with Crippen molar-refractivity contribution in [1.82, 2.24) is 5.32 Å². The Balaban J connectivity index is 0.00000180. The number of aliphatic hydroxyl groups excluding tert-OH is 1. The average molecular weight is 291 g/mol. The van der Waals surface area contributed by atoms with E-state index in [9.17, 15) is 9.90 Å². The maximum Gasteiger partial charge on any atom is 0.223 e. The molecule has 2 aliphatic rings. The Labute approximate surface area is 121 Å². The highest BCUT2D eigenvalue weighted by Gasteiger charge is 2.32. The molecule has 0 aromatic rings. The van der Waals surface area contributed by atoms with Gasteiger partial charge in [0.05, 0.1) is 6.10 Å². The molecule has 2 saturated carbocycles. The van der Waals surface area contributed by atoms with Crippen LogP contribution < -0.4 is 11.1 Å². The Hall–Kier alpha value is -0.320. The third-order valence-corrected chi connectivity index (χ3v) is 4.71. The molecular weight excluding hydrogens is 264 g/mol. The molecule has 5 heteroatoms. The smallest absolute Gasteiger partial charge is 0.223 e. The highest BCUT2D eigenvalue weighted by atomic mass is 35.5. The summed E-state index contributed by atoms with van der Waals surface area (Å²) in [4.78, 5) is 12.1. The fourth-order valence-electron chi connectivity index (χ4n) is 3.45. The second-order valence-corrected chi connectivity index (χ2v) is 5.89. The van der Waals surface area contributed by atoms with E-state index in [0.717, 1.165) is 38.5 Å². The summed E-state index contributed by atoms with van der Waals surface area (Å²) >= 11 is 0. The van der Waals surface area contributed by atoms with Crippen LogP contribution in [0.5, 0.6) is 0 Å². The van der Waals surface area contributed by atoms with Gasteiger partial charge in [0.2, 0.25) is 5.91 Å². The van der Waals surface area contributed by atoms with Gasteiger partial charge in [-0.1, -0.05) is 19.3 Å². The Morgan fingerprint density at radius 2 is 1.79 bits per heavy atom. The van der Waals surface area contributed by atoms with Crippen molar-refractivity contribution < 1.29 is 9.90 Å². The lowest BCUT2D eigenvalue weighted by atomic mass is 9.86. The van der Waals surface area contributed by atoms with Gasteiger partial charge in [-0.25, -0.2) is 0 Å². The molecule has 19 heavy (non-hydrogen) atoms. The molecule has 0 aliphatic heterocycles. The topological polar surface area (TPSA) is 75.4 Å². The van der Waals surface area contributed by atoms with Crippen molar-refractivity contribution in [3.05, 3.63) is 0 Å². The van der Waals surface area contributed by atoms with Crippen molar-refractivity contribution in [2.24, 2.45) is 23.5 Å². The number of carbonyl (C=O) groups excluding carboxylic acids is 1. The van der Waals surface area contributed by atoms with Crippen LogP contribution in [-0.4, -0.2) is 30.2 Å². The summed E-state index contributed by atoms with van der Waals surface area (Å²) in [5.74, 6) is 0.873. The van der Waals surface area contributed by atoms with Crippen LogP contribution in [0.25, 0.3) is 0 Å². The van der Waals surface area contributed by atoms with Crippen molar-refractivity contribution in [2.45, 2.75) is 51.0 Å². The Morgan fingerprint density at radius 3 is 2.47 bits per heavy atom. The highest BCUT2D eigenvalue weighted by molar-refractivity contribution is 5.85. The minimum Gasteiger partial charge on any atom is -0.393 e. The van der Waals surface area contributed by atoms with Crippen LogP contribution in [0, 0.1) is 17.8 Å². The predicted molar refractivity (Wildman–Crippen MR) is 78.1 cm³/mol. The standard InChI is InChI=1S/C14H26N2O2.ClH/c15-8-10-5-3-6-12(10)14(18)16-9-11-4-1-2-7-13(11)17;/h10-13,17H,1-9,15H2,(H,16,18);1H/t10-,11?,12-,13?;/m1./s1. The lowest BCUT2D eigenvalue weighted by Crippen LogP contribution is -2.41. The summed E-state index contributed by atoms with van der Waals surface area (Å²) in [7, 11) is 0. The van der Waals surface area contributed by atoms with Crippen molar-refractivity contribution in [2.75, 3.05) is 13.1 Å². The third kappa shape index (κ3) is 4.33. The number of hydrogen-bond acceptors (Lipinski definition) is 3. The molecule has 0 aromatic heterocycles. The summed E-state index contributed by atoms with van der Waals surface area (Å²) in [6.07, 6.45) is 7.15. The minimum atomic E-state index is -0.229. The van der Waals surface area contributed by atoms with E-state index >= 15 is 0 Å². The first kappa shape index (κ1) is 16.7. The second kappa shape index (κ2) is 8.08. The normalized spacial score (nSPS) is 34.6. The van der Waals surface area contributed by atoms with Gasteiger partial charge in [0, 0.05) is 18.4 Å². The molecule has 0 heterocycles. The molecular formula is C14H27ClN2O2. The molecule has 2 rings (SSSR count).